The second-order valence-electron chi connectivity index (χ2n) is 8.30. The number of hydrogen-bond acceptors (Lipinski definition) is 5. The Morgan fingerprint density at radius 2 is 1.65 bits per heavy atom. The summed E-state index contributed by atoms with van der Waals surface area (Å²) >= 11 is 12.5. The van der Waals surface area contributed by atoms with Crippen LogP contribution in [0.5, 0.6) is 0 Å². The van der Waals surface area contributed by atoms with Crippen LogP contribution in [0.15, 0.2) is 83.7 Å². The highest BCUT2D eigenvalue weighted by Crippen LogP contribution is 2.23. The molecule has 3 aromatic carbocycles. The number of aromatic nitrogens is 4. The highest BCUT2D eigenvalue weighted by Gasteiger charge is 2.21. The summed E-state index contributed by atoms with van der Waals surface area (Å²) in [5.41, 5.74) is 2.61. The van der Waals surface area contributed by atoms with Gasteiger partial charge in [-0.05, 0) is 55.5 Å². The first-order valence-corrected chi connectivity index (χ1v) is 12.3. The molecule has 0 fully saturated rings. The fourth-order valence-corrected chi connectivity index (χ4v) is 4.48. The number of nitrogens with zero attached hydrogens (tertiary/aromatic N) is 4. The Morgan fingerprint density at radius 1 is 0.946 bits per heavy atom. The lowest BCUT2D eigenvalue weighted by atomic mass is 10.2. The summed E-state index contributed by atoms with van der Waals surface area (Å²) in [5.74, 6) is -0.0231. The van der Waals surface area contributed by atoms with Crippen molar-refractivity contribution in [1.29, 1.82) is 0 Å². The molecule has 2 aromatic heterocycles. The summed E-state index contributed by atoms with van der Waals surface area (Å²) in [6, 6.07) is 23.6. The zero-order valence-electron chi connectivity index (χ0n) is 19.8. The predicted molar refractivity (Wildman–Crippen MR) is 146 cm³/mol. The van der Waals surface area contributed by atoms with E-state index in [1.54, 1.807) is 49.4 Å². The number of anilines is 2. The molecule has 0 atom stereocenters. The molecule has 0 spiro atoms. The summed E-state index contributed by atoms with van der Waals surface area (Å²) in [4.78, 5) is 31.0. The summed E-state index contributed by atoms with van der Waals surface area (Å²) in [5, 5.41) is 11.8. The van der Waals surface area contributed by atoms with Gasteiger partial charge in [-0.2, -0.15) is 5.10 Å². The maximum Gasteiger partial charge on any atom is 0.262 e. The Morgan fingerprint density at radius 3 is 2.41 bits per heavy atom. The van der Waals surface area contributed by atoms with Gasteiger partial charge in [-0.3, -0.25) is 14.2 Å². The molecule has 37 heavy (non-hydrogen) atoms. The van der Waals surface area contributed by atoms with Gasteiger partial charge in [0.25, 0.3) is 11.5 Å². The van der Waals surface area contributed by atoms with Crippen molar-refractivity contribution in [1.82, 2.24) is 24.6 Å². The van der Waals surface area contributed by atoms with Crippen LogP contribution in [0, 0.1) is 6.92 Å². The van der Waals surface area contributed by atoms with Crippen LogP contribution in [-0.2, 0) is 6.54 Å². The first kappa shape index (κ1) is 24.5. The molecular weight excluding hydrogens is 511 g/mol. The lowest BCUT2D eigenvalue weighted by Crippen LogP contribution is -2.32. The minimum atomic E-state index is -0.376. The summed E-state index contributed by atoms with van der Waals surface area (Å²) in [6.07, 6.45) is 0. The molecule has 0 aliphatic rings. The van der Waals surface area contributed by atoms with Crippen LogP contribution in [0.25, 0.3) is 16.6 Å². The van der Waals surface area contributed by atoms with E-state index in [-0.39, 0.29) is 35.3 Å². The van der Waals surface area contributed by atoms with Gasteiger partial charge in [0.05, 0.1) is 27.8 Å². The molecule has 186 valence electrons. The lowest BCUT2D eigenvalue weighted by molar-refractivity contribution is 0.0951. The van der Waals surface area contributed by atoms with E-state index in [0.29, 0.717) is 27.6 Å². The maximum absolute atomic E-state index is 13.3. The highest BCUT2D eigenvalue weighted by molar-refractivity contribution is 6.33. The number of para-hydroxylation sites is 2. The third-order valence-corrected chi connectivity index (χ3v) is 6.42. The number of aryl methyl sites for hydroxylation is 1. The quantitative estimate of drug-likeness (QED) is 0.294. The molecule has 2 N–H and O–H groups in total. The van der Waals surface area contributed by atoms with Crippen molar-refractivity contribution in [2.24, 2.45) is 0 Å². The topological polar surface area (TPSA) is 93.8 Å². The van der Waals surface area contributed by atoms with Gasteiger partial charge in [0.1, 0.15) is 5.15 Å². The first-order chi connectivity index (χ1) is 17.9. The van der Waals surface area contributed by atoms with Crippen molar-refractivity contribution >= 4 is 51.6 Å². The Labute approximate surface area is 222 Å². The Kier molecular flexibility index (Phi) is 6.94. The number of benzene rings is 3. The van der Waals surface area contributed by atoms with Gasteiger partial charge in [0, 0.05) is 23.8 Å². The highest BCUT2D eigenvalue weighted by atomic mass is 35.5. The third kappa shape index (κ3) is 5.07. The van der Waals surface area contributed by atoms with Gasteiger partial charge in [0.2, 0.25) is 5.95 Å². The van der Waals surface area contributed by atoms with Gasteiger partial charge in [-0.25, -0.2) is 9.67 Å². The molecule has 0 aliphatic carbocycles. The van der Waals surface area contributed by atoms with E-state index in [1.165, 1.54) is 9.25 Å². The summed E-state index contributed by atoms with van der Waals surface area (Å²) < 4.78 is 3.02. The number of carbonyl (C=O) groups is 1. The molecule has 1 amide bonds. The molecule has 0 unspecified atom stereocenters. The van der Waals surface area contributed by atoms with Crippen LogP contribution in [0.3, 0.4) is 0 Å². The van der Waals surface area contributed by atoms with Crippen molar-refractivity contribution in [3.8, 4) is 5.69 Å². The van der Waals surface area contributed by atoms with Crippen molar-refractivity contribution in [2.45, 2.75) is 13.5 Å². The molecule has 0 saturated heterocycles. The second-order valence-corrected chi connectivity index (χ2v) is 9.09. The van der Waals surface area contributed by atoms with Crippen LogP contribution < -0.4 is 16.2 Å². The molecule has 2 heterocycles. The standard InChI is InChI=1S/C27H22Cl2N6O2/c1-17-23(24(29)35(33-17)20-7-3-2-4-8-20)25(36)30-15-16-34-26(37)21-9-5-6-10-22(21)32-27(34)31-19-13-11-18(28)12-14-19/h2-14H,15-16H2,1H3,(H,30,36)(H,31,32). The molecule has 5 rings (SSSR count). The van der Waals surface area contributed by atoms with Gasteiger partial charge in [0.15, 0.2) is 0 Å². The zero-order chi connectivity index (χ0) is 25.9. The number of amides is 1. The van der Waals surface area contributed by atoms with E-state index < -0.39 is 0 Å². The number of nitrogens with one attached hydrogen (secondary N) is 2. The molecule has 0 bridgehead atoms. The fourth-order valence-electron chi connectivity index (χ4n) is 4.00. The van der Waals surface area contributed by atoms with Crippen molar-refractivity contribution < 1.29 is 4.79 Å². The first-order valence-electron chi connectivity index (χ1n) is 11.5. The number of halogens is 2. The molecule has 5 aromatic rings. The van der Waals surface area contributed by atoms with E-state index in [2.05, 4.69) is 20.7 Å². The van der Waals surface area contributed by atoms with Gasteiger partial charge in [-0.1, -0.05) is 53.5 Å². The predicted octanol–water partition coefficient (Wildman–Crippen LogP) is 5.37. The number of rotatable bonds is 7. The fraction of sp³-hybridized carbons (Fsp3) is 0.111. The number of hydrogen-bond donors (Lipinski definition) is 2. The normalized spacial score (nSPS) is 11.0. The molecule has 0 aliphatic heterocycles. The van der Waals surface area contributed by atoms with E-state index in [0.717, 1.165) is 11.4 Å². The second kappa shape index (κ2) is 10.5. The van der Waals surface area contributed by atoms with Crippen LogP contribution in [0.4, 0.5) is 11.6 Å². The number of carbonyl (C=O) groups excluding carboxylic acids is 1. The van der Waals surface area contributed by atoms with Gasteiger partial charge in [-0.15, -0.1) is 0 Å². The summed E-state index contributed by atoms with van der Waals surface area (Å²) in [7, 11) is 0. The average Bonchev–Trinajstić information content (AvgIpc) is 3.21. The molecular formula is C27H22Cl2N6O2. The smallest absolute Gasteiger partial charge is 0.262 e. The molecule has 10 heteroatoms. The van der Waals surface area contributed by atoms with Crippen molar-refractivity contribution in [2.75, 3.05) is 11.9 Å². The van der Waals surface area contributed by atoms with Crippen molar-refractivity contribution in [3.05, 3.63) is 111 Å². The minimum Gasteiger partial charge on any atom is -0.350 e. The Bertz CT molecular complexity index is 1650. The van der Waals surface area contributed by atoms with Crippen LogP contribution in [0.2, 0.25) is 10.2 Å². The monoisotopic (exact) mass is 532 g/mol. The third-order valence-electron chi connectivity index (χ3n) is 5.81. The van der Waals surface area contributed by atoms with Crippen LogP contribution in [0.1, 0.15) is 16.1 Å². The Balaban J connectivity index is 1.39. The lowest BCUT2D eigenvalue weighted by Gasteiger charge is -2.15. The SMILES string of the molecule is Cc1nn(-c2ccccc2)c(Cl)c1C(=O)NCCn1c(Nc2ccc(Cl)cc2)nc2ccccc2c1=O. The van der Waals surface area contributed by atoms with Crippen LogP contribution >= 0.6 is 23.2 Å². The van der Waals surface area contributed by atoms with Crippen LogP contribution in [-0.4, -0.2) is 31.8 Å². The molecule has 0 radical (unpaired) electrons. The van der Waals surface area contributed by atoms with Crippen molar-refractivity contribution in [3.63, 3.8) is 0 Å². The van der Waals surface area contributed by atoms with E-state index in [1.807, 2.05) is 36.4 Å². The average molecular weight is 533 g/mol. The Hall–Kier alpha value is -4.14. The molecule has 0 saturated carbocycles. The number of fused-ring (bicyclic) bond motifs is 1. The van der Waals surface area contributed by atoms with Gasteiger partial charge >= 0.3 is 0 Å². The van der Waals surface area contributed by atoms with E-state index in [4.69, 9.17) is 23.2 Å². The zero-order valence-corrected chi connectivity index (χ0v) is 21.3. The maximum atomic E-state index is 13.3. The summed E-state index contributed by atoms with van der Waals surface area (Å²) in [6.45, 7) is 2.08. The molecule has 8 nitrogen and oxygen atoms in total. The van der Waals surface area contributed by atoms with E-state index in [9.17, 15) is 9.59 Å². The largest absolute Gasteiger partial charge is 0.350 e. The minimum absolute atomic E-state index is 0.167. The van der Waals surface area contributed by atoms with E-state index >= 15 is 0 Å². The van der Waals surface area contributed by atoms with Gasteiger partial charge < -0.3 is 10.6 Å².